The Kier molecular flexibility index (Phi) is 2.23. The number of aromatic amines is 1. The summed E-state index contributed by atoms with van der Waals surface area (Å²) in [7, 11) is 0. The summed E-state index contributed by atoms with van der Waals surface area (Å²) in [6, 6.07) is 3.87. The van der Waals surface area contributed by atoms with Crippen molar-refractivity contribution in [2.45, 2.75) is 26.2 Å². The van der Waals surface area contributed by atoms with Gasteiger partial charge in [0.1, 0.15) is 5.69 Å². The molecule has 0 aliphatic rings. The first kappa shape index (κ1) is 11.0. The minimum absolute atomic E-state index is 0.131. The number of H-pyrrole nitrogens is 1. The van der Waals surface area contributed by atoms with Gasteiger partial charge in [0.2, 0.25) is 0 Å². The molecule has 3 heterocycles. The zero-order chi connectivity index (χ0) is 12.8. The Morgan fingerprint density at radius 3 is 2.78 bits per heavy atom. The predicted molar refractivity (Wildman–Crippen MR) is 68.1 cm³/mol. The molecule has 0 unspecified atom stereocenters. The number of rotatable bonds is 1. The van der Waals surface area contributed by atoms with Gasteiger partial charge in [-0.25, -0.2) is 0 Å². The van der Waals surface area contributed by atoms with Crippen LogP contribution in [0.25, 0.3) is 22.5 Å². The fourth-order valence-electron chi connectivity index (χ4n) is 1.78. The number of nitrogens with one attached hydrogen (secondary N) is 1. The molecule has 0 bridgehead atoms. The molecular formula is C13H14N4O. The third kappa shape index (κ3) is 1.68. The van der Waals surface area contributed by atoms with Crippen molar-refractivity contribution in [2.75, 3.05) is 0 Å². The molecule has 3 aromatic heterocycles. The van der Waals surface area contributed by atoms with Crippen LogP contribution in [-0.2, 0) is 5.41 Å². The maximum atomic E-state index is 5.32. The summed E-state index contributed by atoms with van der Waals surface area (Å²) in [6.45, 7) is 6.14. The van der Waals surface area contributed by atoms with Crippen LogP contribution < -0.4 is 0 Å². The van der Waals surface area contributed by atoms with Crippen molar-refractivity contribution in [3.8, 4) is 11.6 Å². The summed E-state index contributed by atoms with van der Waals surface area (Å²) in [5.74, 6) is 1.15. The summed E-state index contributed by atoms with van der Waals surface area (Å²) in [4.78, 5) is 11.9. The average Bonchev–Trinajstić information content (AvgIpc) is 2.96. The second kappa shape index (κ2) is 3.66. The third-order valence-electron chi connectivity index (χ3n) is 2.78. The SMILES string of the molecule is CC(C)(C)c1noc(-c2nccc3[nH]ccc23)n1. The Bertz CT molecular complexity index is 690. The molecule has 5 nitrogen and oxygen atoms in total. The molecule has 0 fully saturated rings. The fourth-order valence-corrected chi connectivity index (χ4v) is 1.78. The summed E-state index contributed by atoms with van der Waals surface area (Å²) in [5, 5.41) is 5.01. The largest absolute Gasteiger partial charge is 0.361 e. The van der Waals surface area contributed by atoms with Crippen LogP contribution in [0, 0.1) is 0 Å². The molecule has 0 aliphatic heterocycles. The van der Waals surface area contributed by atoms with Gasteiger partial charge < -0.3 is 9.51 Å². The molecule has 0 radical (unpaired) electrons. The van der Waals surface area contributed by atoms with Gasteiger partial charge in [0, 0.05) is 28.7 Å². The van der Waals surface area contributed by atoms with Gasteiger partial charge in [-0.2, -0.15) is 4.98 Å². The molecule has 0 saturated carbocycles. The molecule has 3 aromatic rings. The maximum Gasteiger partial charge on any atom is 0.277 e. The first-order valence-corrected chi connectivity index (χ1v) is 5.82. The van der Waals surface area contributed by atoms with Gasteiger partial charge in [-0.15, -0.1) is 0 Å². The van der Waals surface area contributed by atoms with Crippen molar-refractivity contribution in [3.05, 3.63) is 30.4 Å². The topological polar surface area (TPSA) is 67.6 Å². The maximum absolute atomic E-state index is 5.32. The summed E-state index contributed by atoms with van der Waals surface area (Å²) >= 11 is 0. The minimum Gasteiger partial charge on any atom is -0.361 e. The van der Waals surface area contributed by atoms with Gasteiger partial charge in [0.25, 0.3) is 5.89 Å². The Morgan fingerprint density at radius 2 is 2.06 bits per heavy atom. The molecule has 0 amide bonds. The molecule has 0 spiro atoms. The Morgan fingerprint density at radius 1 is 1.22 bits per heavy atom. The molecule has 0 aliphatic carbocycles. The van der Waals surface area contributed by atoms with E-state index in [9.17, 15) is 0 Å². The molecule has 3 rings (SSSR count). The summed E-state index contributed by atoms with van der Waals surface area (Å²) in [6.07, 6.45) is 3.60. The number of aromatic nitrogens is 4. The summed E-state index contributed by atoms with van der Waals surface area (Å²) < 4.78 is 5.32. The molecular weight excluding hydrogens is 228 g/mol. The third-order valence-corrected chi connectivity index (χ3v) is 2.78. The number of hydrogen-bond donors (Lipinski definition) is 1. The van der Waals surface area contributed by atoms with E-state index >= 15 is 0 Å². The van der Waals surface area contributed by atoms with E-state index in [2.05, 4.69) is 20.1 Å². The van der Waals surface area contributed by atoms with Crippen LogP contribution in [0.2, 0.25) is 0 Å². The van der Waals surface area contributed by atoms with Crippen LogP contribution in [0.15, 0.2) is 29.0 Å². The lowest BCUT2D eigenvalue weighted by Crippen LogP contribution is -2.13. The number of nitrogens with zero attached hydrogens (tertiary/aromatic N) is 3. The van der Waals surface area contributed by atoms with Crippen LogP contribution >= 0.6 is 0 Å². The van der Waals surface area contributed by atoms with Crippen LogP contribution in [0.4, 0.5) is 0 Å². The predicted octanol–water partition coefficient (Wildman–Crippen LogP) is 2.91. The van der Waals surface area contributed by atoms with E-state index in [1.165, 1.54) is 0 Å². The van der Waals surface area contributed by atoms with Crippen LogP contribution in [-0.4, -0.2) is 20.1 Å². The van der Waals surface area contributed by atoms with Gasteiger partial charge in [-0.1, -0.05) is 25.9 Å². The van der Waals surface area contributed by atoms with Gasteiger partial charge >= 0.3 is 0 Å². The highest BCUT2D eigenvalue weighted by atomic mass is 16.5. The Hall–Kier alpha value is -2.17. The molecule has 0 aromatic carbocycles. The van der Waals surface area contributed by atoms with E-state index in [1.54, 1.807) is 6.20 Å². The van der Waals surface area contributed by atoms with E-state index in [0.29, 0.717) is 11.7 Å². The van der Waals surface area contributed by atoms with E-state index in [1.807, 2.05) is 39.1 Å². The average molecular weight is 242 g/mol. The normalized spacial score (nSPS) is 12.2. The van der Waals surface area contributed by atoms with Crippen molar-refractivity contribution in [2.24, 2.45) is 0 Å². The van der Waals surface area contributed by atoms with Crippen LogP contribution in [0.1, 0.15) is 26.6 Å². The Labute approximate surface area is 104 Å². The first-order valence-electron chi connectivity index (χ1n) is 5.82. The number of pyridine rings is 1. The number of hydrogen-bond acceptors (Lipinski definition) is 4. The molecule has 18 heavy (non-hydrogen) atoms. The van der Waals surface area contributed by atoms with Crippen LogP contribution in [0.3, 0.4) is 0 Å². The first-order chi connectivity index (χ1) is 8.55. The monoisotopic (exact) mass is 242 g/mol. The smallest absolute Gasteiger partial charge is 0.277 e. The molecule has 0 saturated heterocycles. The van der Waals surface area contributed by atoms with E-state index in [0.717, 1.165) is 16.6 Å². The van der Waals surface area contributed by atoms with Crippen molar-refractivity contribution >= 4 is 10.9 Å². The highest BCUT2D eigenvalue weighted by Crippen LogP contribution is 2.27. The second-order valence-corrected chi connectivity index (χ2v) is 5.27. The lowest BCUT2D eigenvalue weighted by atomic mass is 9.96. The van der Waals surface area contributed by atoms with E-state index in [-0.39, 0.29) is 5.41 Å². The van der Waals surface area contributed by atoms with Crippen molar-refractivity contribution in [3.63, 3.8) is 0 Å². The Balaban J connectivity index is 2.15. The van der Waals surface area contributed by atoms with E-state index < -0.39 is 0 Å². The summed E-state index contributed by atoms with van der Waals surface area (Å²) in [5.41, 5.74) is 1.60. The van der Waals surface area contributed by atoms with Gasteiger partial charge in [-0.05, 0) is 12.1 Å². The van der Waals surface area contributed by atoms with Crippen LogP contribution in [0.5, 0.6) is 0 Å². The highest BCUT2D eigenvalue weighted by Gasteiger charge is 2.22. The minimum atomic E-state index is -0.131. The number of fused-ring (bicyclic) bond motifs is 1. The van der Waals surface area contributed by atoms with Gasteiger partial charge in [0.15, 0.2) is 5.82 Å². The fraction of sp³-hybridized carbons (Fsp3) is 0.308. The zero-order valence-corrected chi connectivity index (χ0v) is 10.6. The quantitative estimate of drug-likeness (QED) is 0.712. The zero-order valence-electron chi connectivity index (χ0n) is 10.6. The lowest BCUT2D eigenvalue weighted by molar-refractivity contribution is 0.402. The lowest BCUT2D eigenvalue weighted by Gasteiger charge is -2.10. The molecule has 0 atom stereocenters. The van der Waals surface area contributed by atoms with Crippen molar-refractivity contribution in [1.29, 1.82) is 0 Å². The highest BCUT2D eigenvalue weighted by molar-refractivity contribution is 5.90. The van der Waals surface area contributed by atoms with Gasteiger partial charge in [0.05, 0.1) is 0 Å². The molecule has 1 N–H and O–H groups in total. The van der Waals surface area contributed by atoms with Crippen molar-refractivity contribution < 1.29 is 4.52 Å². The van der Waals surface area contributed by atoms with Crippen molar-refractivity contribution in [1.82, 2.24) is 20.1 Å². The van der Waals surface area contributed by atoms with E-state index in [4.69, 9.17) is 4.52 Å². The second-order valence-electron chi connectivity index (χ2n) is 5.27. The van der Waals surface area contributed by atoms with Gasteiger partial charge in [-0.3, -0.25) is 4.98 Å². The standard InChI is InChI=1S/C13H14N4O/c1-13(2,3)12-16-11(18-17-12)10-8-4-6-14-9(8)5-7-15-10/h4-7,14H,1-3H3. The molecule has 5 heteroatoms. The molecule has 92 valence electrons.